The number of nitrogens with zero attached hydrogens (tertiary/aromatic N) is 1. The van der Waals surface area contributed by atoms with E-state index in [1.54, 1.807) is 18.2 Å². The van der Waals surface area contributed by atoms with Gasteiger partial charge in [0.15, 0.2) is 0 Å². The van der Waals surface area contributed by atoms with Crippen molar-refractivity contribution in [1.29, 1.82) is 0 Å². The van der Waals surface area contributed by atoms with Gasteiger partial charge in [0.1, 0.15) is 0 Å². The Morgan fingerprint density at radius 1 is 1.11 bits per heavy atom. The summed E-state index contributed by atoms with van der Waals surface area (Å²) < 4.78 is 42.4. The first kappa shape index (κ1) is 20.0. The van der Waals surface area contributed by atoms with Crippen LogP contribution in [-0.4, -0.2) is 18.3 Å². The Morgan fingerprint density at radius 2 is 1.74 bits per heavy atom. The monoisotopic (exact) mass is 416 g/mol. The number of hydroxylamine groups is 2. The first-order valence-corrected chi connectivity index (χ1v) is 8.82. The second-order valence-corrected chi connectivity index (χ2v) is 7.23. The molecular weight excluding hydrogens is 400 g/mol. The molecule has 144 valence electrons. The van der Waals surface area contributed by atoms with Crippen molar-refractivity contribution in [3.63, 3.8) is 0 Å². The fraction of sp³-hybridized carbons (Fsp3) is 0.263. The molecule has 1 aliphatic heterocycles. The van der Waals surface area contributed by atoms with Crippen LogP contribution < -0.4 is 5.73 Å². The van der Waals surface area contributed by atoms with Crippen molar-refractivity contribution < 1.29 is 18.0 Å². The van der Waals surface area contributed by atoms with Crippen molar-refractivity contribution >= 4 is 28.9 Å². The van der Waals surface area contributed by atoms with E-state index >= 15 is 0 Å². The highest BCUT2D eigenvalue weighted by molar-refractivity contribution is 6.34. The lowest BCUT2D eigenvalue weighted by Gasteiger charge is -2.31. The summed E-state index contributed by atoms with van der Waals surface area (Å²) in [5.41, 5.74) is 5.47. The zero-order valence-corrected chi connectivity index (χ0v) is 16.1. The molecule has 0 fully saturated rings. The molecule has 3 rings (SSSR count). The van der Waals surface area contributed by atoms with Crippen molar-refractivity contribution in [3.8, 4) is 0 Å². The Labute approximate surface area is 165 Å². The van der Waals surface area contributed by atoms with E-state index < -0.39 is 11.8 Å². The van der Waals surface area contributed by atoms with Crippen molar-refractivity contribution in [2.75, 3.05) is 7.05 Å². The van der Waals surface area contributed by atoms with Gasteiger partial charge in [-0.25, -0.2) is 4.84 Å². The summed E-state index contributed by atoms with van der Waals surface area (Å²) in [4.78, 5) is 5.35. The SMILES string of the molecule is Cc1cc(C2=CC(c3cc(Cl)cc(Cl)c3)(C(F)(F)F)ON2C)ccc1CN. The summed E-state index contributed by atoms with van der Waals surface area (Å²) in [6.45, 7) is 2.21. The molecule has 27 heavy (non-hydrogen) atoms. The lowest BCUT2D eigenvalue weighted by molar-refractivity contribution is -0.308. The van der Waals surface area contributed by atoms with Crippen LogP contribution in [0.2, 0.25) is 10.0 Å². The minimum Gasteiger partial charge on any atom is -0.326 e. The topological polar surface area (TPSA) is 38.5 Å². The standard InChI is InChI=1S/C19H17Cl2F3N2O/c1-11-5-12(3-4-13(11)10-25)17-9-18(19(22,23)24,27-26(17)2)14-6-15(20)8-16(21)7-14/h3-9H,10,25H2,1-2H3. The second kappa shape index (κ2) is 7.02. The highest BCUT2D eigenvalue weighted by Gasteiger charge is 2.60. The first-order chi connectivity index (χ1) is 12.6. The van der Waals surface area contributed by atoms with Crippen LogP contribution >= 0.6 is 23.2 Å². The Balaban J connectivity index is 2.18. The maximum absolute atomic E-state index is 14.1. The highest BCUT2D eigenvalue weighted by atomic mass is 35.5. The summed E-state index contributed by atoms with van der Waals surface area (Å²) in [6.07, 6.45) is -3.69. The first-order valence-electron chi connectivity index (χ1n) is 8.06. The molecule has 1 heterocycles. The largest absolute Gasteiger partial charge is 0.428 e. The van der Waals surface area contributed by atoms with Crippen molar-refractivity contribution in [2.45, 2.75) is 25.2 Å². The van der Waals surface area contributed by atoms with E-state index in [9.17, 15) is 13.2 Å². The predicted octanol–water partition coefficient (Wildman–Crippen LogP) is 5.44. The average molecular weight is 417 g/mol. The summed E-state index contributed by atoms with van der Waals surface area (Å²) in [6, 6.07) is 9.08. The van der Waals surface area contributed by atoms with Gasteiger partial charge in [-0.05, 0) is 48.4 Å². The van der Waals surface area contributed by atoms with Gasteiger partial charge in [0.05, 0.1) is 5.70 Å². The van der Waals surface area contributed by atoms with Crippen LogP contribution in [0.1, 0.15) is 22.3 Å². The van der Waals surface area contributed by atoms with Gasteiger partial charge in [0.25, 0.3) is 0 Å². The molecule has 0 aromatic heterocycles. The molecule has 0 amide bonds. The molecule has 1 aliphatic rings. The molecule has 0 spiro atoms. The van der Waals surface area contributed by atoms with Crippen LogP contribution in [0.25, 0.3) is 5.70 Å². The van der Waals surface area contributed by atoms with Gasteiger partial charge in [-0.1, -0.05) is 35.3 Å². The van der Waals surface area contributed by atoms with Crippen LogP contribution in [0.15, 0.2) is 42.5 Å². The van der Waals surface area contributed by atoms with Crippen molar-refractivity contribution in [1.82, 2.24) is 5.06 Å². The van der Waals surface area contributed by atoms with E-state index in [1.807, 2.05) is 6.92 Å². The van der Waals surface area contributed by atoms with Crippen molar-refractivity contribution in [3.05, 3.63) is 74.8 Å². The number of hydrogen-bond donors (Lipinski definition) is 1. The third kappa shape index (κ3) is 3.55. The molecule has 1 atom stereocenters. The quantitative estimate of drug-likeness (QED) is 0.723. The van der Waals surface area contributed by atoms with E-state index in [1.165, 1.54) is 25.2 Å². The third-order valence-corrected chi connectivity index (χ3v) is 4.97. The molecule has 2 aromatic rings. The summed E-state index contributed by atoms with van der Waals surface area (Å²) in [5, 5.41) is 1.30. The van der Waals surface area contributed by atoms with Crippen LogP contribution in [0.4, 0.5) is 13.2 Å². The van der Waals surface area contributed by atoms with E-state index in [0.717, 1.165) is 22.3 Å². The maximum atomic E-state index is 14.1. The molecule has 3 nitrogen and oxygen atoms in total. The molecule has 0 saturated heterocycles. The predicted molar refractivity (Wildman–Crippen MR) is 100 cm³/mol. The number of hydrogen-bond acceptors (Lipinski definition) is 3. The lowest BCUT2D eigenvalue weighted by atomic mass is 9.91. The molecule has 0 saturated carbocycles. The van der Waals surface area contributed by atoms with Crippen LogP contribution in [0.5, 0.6) is 0 Å². The van der Waals surface area contributed by atoms with Gasteiger partial charge >= 0.3 is 6.18 Å². The zero-order valence-electron chi connectivity index (χ0n) is 14.6. The van der Waals surface area contributed by atoms with E-state index in [-0.39, 0.29) is 21.3 Å². The Bertz CT molecular complexity index is 894. The fourth-order valence-electron chi connectivity index (χ4n) is 3.13. The molecular formula is C19H17Cl2F3N2O. The Morgan fingerprint density at radius 3 is 2.26 bits per heavy atom. The smallest absolute Gasteiger partial charge is 0.326 e. The molecule has 8 heteroatoms. The number of aryl methyl sites for hydroxylation is 1. The summed E-state index contributed by atoms with van der Waals surface area (Å²) in [7, 11) is 1.43. The normalized spacial score (nSPS) is 20.1. The number of halogens is 5. The molecule has 0 bridgehead atoms. The van der Waals surface area contributed by atoms with Gasteiger partial charge in [-0.3, -0.25) is 5.06 Å². The molecule has 0 radical (unpaired) electrons. The number of alkyl halides is 3. The second-order valence-electron chi connectivity index (χ2n) is 6.36. The van der Waals surface area contributed by atoms with Gasteiger partial charge < -0.3 is 5.73 Å². The Kier molecular flexibility index (Phi) is 5.20. The third-order valence-electron chi connectivity index (χ3n) is 4.53. The zero-order chi connectivity index (χ0) is 20.0. The molecule has 0 aliphatic carbocycles. The molecule has 2 aromatic carbocycles. The molecule has 2 N–H and O–H groups in total. The van der Waals surface area contributed by atoms with Gasteiger partial charge in [0.2, 0.25) is 5.60 Å². The molecule has 1 unspecified atom stereocenters. The minimum atomic E-state index is -4.73. The van der Waals surface area contributed by atoms with Gasteiger partial charge in [-0.2, -0.15) is 13.2 Å². The maximum Gasteiger partial charge on any atom is 0.428 e. The minimum absolute atomic E-state index is 0.0948. The average Bonchev–Trinajstić information content (AvgIpc) is 2.92. The van der Waals surface area contributed by atoms with E-state index in [4.69, 9.17) is 33.8 Å². The van der Waals surface area contributed by atoms with Crippen LogP contribution in [-0.2, 0) is 17.0 Å². The van der Waals surface area contributed by atoms with Crippen LogP contribution in [0, 0.1) is 6.92 Å². The highest BCUT2D eigenvalue weighted by Crippen LogP contribution is 2.50. The summed E-state index contributed by atoms with van der Waals surface area (Å²) >= 11 is 11.9. The van der Waals surface area contributed by atoms with Gasteiger partial charge in [-0.15, -0.1) is 0 Å². The van der Waals surface area contributed by atoms with Gasteiger partial charge in [0, 0.05) is 34.8 Å². The fourth-order valence-corrected chi connectivity index (χ4v) is 3.65. The number of rotatable bonds is 3. The lowest BCUT2D eigenvalue weighted by Crippen LogP contribution is -2.42. The Hall–Kier alpha value is -1.73. The summed E-state index contributed by atoms with van der Waals surface area (Å²) in [5.74, 6) is 0. The van der Waals surface area contributed by atoms with Crippen molar-refractivity contribution in [2.24, 2.45) is 5.73 Å². The number of benzene rings is 2. The van der Waals surface area contributed by atoms with E-state index in [0.29, 0.717) is 12.1 Å². The number of nitrogens with two attached hydrogens (primary N) is 1. The van der Waals surface area contributed by atoms with Crippen LogP contribution in [0.3, 0.4) is 0 Å². The van der Waals surface area contributed by atoms with E-state index in [2.05, 4.69) is 0 Å².